The first-order valence-corrected chi connectivity index (χ1v) is 9.80. The predicted molar refractivity (Wildman–Crippen MR) is 109 cm³/mol. The van der Waals surface area contributed by atoms with E-state index in [1.807, 2.05) is 24.0 Å². The summed E-state index contributed by atoms with van der Waals surface area (Å²) in [4.78, 5) is 16.9. The molecule has 1 amide bonds. The maximum absolute atomic E-state index is 12.6. The molecule has 0 aliphatic carbocycles. The summed E-state index contributed by atoms with van der Waals surface area (Å²) in [6.45, 7) is 10.7. The van der Waals surface area contributed by atoms with Gasteiger partial charge in [0, 0.05) is 32.7 Å². The third-order valence-electron chi connectivity index (χ3n) is 5.12. The quantitative estimate of drug-likeness (QED) is 0.779. The maximum Gasteiger partial charge on any atom is 0.260 e. The van der Waals surface area contributed by atoms with Gasteiger partial charge in [0.2, 0.25) is 0 Å². The predicted octanol–water partition coefficient (Wildman–Crippen LogP) is 3.84. The van der Waals surface area contributed by atoms with E-state index in [0.717, 1.165) is 49.6 Å². The molecule has 0 saturated carbocycles. The van der Waals surface area contributed by atoms with Crippen molar-refractivity contribution in [3.63, 3.8) is 0 Å². The number of carbonyl (C=O) groups excluding carboxylic acids is 1. The zero-order valence-electron chi connectivity index (χ0n) is 16.6. The second-order valence-corrected chi connectivity index (χ2v) is 7.63. The van der Waals surface area contributed by atoms with Crippen LogP contribution in [-0.4, -0.2) is 48.5 Å². The molecule has 0 N–H and O–H groups in total. The van der Waals surface area contributed by atoms with Crippen molar-refractivity contribution >= 4 is 5.91 Å². The highest BCUT2D eigenvalue weighted by atomic mass is 16.5. The molecule has 0 spiro atoms. The Morgan fingerprint density at radius 1 is 1.04 bits per heavy atom. The van der Waals surface area contributed by atoms with Gasteiger partial charge in [0.05, 0.1) is 0 Å². The molecule has 27 heavy (non-hydrogen) atoms. The topological polar surface area (TPSA) is 32.8 Å². The molecule has 1 aliphatic rings. The molecule has 0 atom stereocenters. The van der Waals surface area contributed by atoms with Gasteiger partial charge in [-0.2, -0.15) is 0 Å². The lowest BCUT2D eigenvalue weighted by Crippen LogP contribution is -2.49. The number of ether oxygens (including phenoxy) is 1. The number of amides is 1. The summed E-state index contributed by atoms with van der Waals surface area (Å²) in [7, 11) is 0. The number of hydrogen-bond acceptors (Lipinski definition) is 3. The first-order valence-electron chi connectivity index (χ1n) is 9.80. The Labute approximate surface area is 162 Å². The van der Waals surface area contributed by atoms with Gasteiger partial charge < -0.3 is 9.64 Å². The zero-order chi connectivity index (χ0) is 19.2. The molecule has 144 valence electrons. The number of piperazine rings is 1. The summed E-state index contributed by atoms with van der Waals surface area (Å²) in [6, 6.07) is 16.7. The lowest BCUT2D eigenvalue weighted by molar-refractivity contribution is -0.135. The van der Waals surface area contributed by atoms with Gasteiger partial charge in [0.25, 0.3) is 5.91 Å². The van der Waals surface area contributed by atoms with Crippen molar-refractivity contribution in [1.29, 1.82) is 0 Å². The van der Waals surface area contributed by atoms with Crippen LogP contribution in [-0.2, 0) is 11.3 Å². The van der Waals surface area contributed by atoms with Crippen LogP contribution < -0.4 is 4.74 Å². The molecule has 0 bridgehead atoms. The molecule has 1 heterocycles. The van der Waals surface area contributed by atoms with Crippen molar-refractivity contribution in [3.8, 4) is 5.75 Å². The van der Waals surface area contributed by atoms with Crippen molar-refractivity contribution in [1.82, 2.24) is 9.80 Å². The second-order valence-electron chi connectivity index (χ2n) is 7.63. The molecule has 2 aromatic rings. The number of carbonyl (C=O) groups is 1. The third-order valence-corrected chi connectivity index (χ3v) is 5.12. The number of aryl methyl sites for hydroxylation is 1. The molecule has 1 saturated heterocycles. The maximum atomic E-state index is 12.6. The molecule has 1 fully saturated rings. The Morgan fingerprint density at radius 2 is 1.74 bits per heavy atom. The normalized spacial score (nSPS) is 15.2. The average molecular weight is 367 g/mol. The minimum atomic E-state index is 0.0746. The van der Waals surface area contributed by atoms with E-state index in [2.05, 4.69) is 55.1 Å². The van der Waals surface area contributed by atoms with E-state index in [-0.39, 0.29) is 12.5 Å². The minimum absolute atomic E-state index is 0.0746. The van der Waals surface area contributed by atoms with Crippen LogP contribution in [0.1, 0.15) is 36.5 Å². The highest BCUT2D eigenvalue weighted by Gasteiger charge is 2.22. The number of hydrogen-bond donors (Lipinski definition) is 0. The molecule has 2 aromatic carbocycles. The Balaban J connectivity index is 1.49. The van der Waals surface area contributed by atoms with Crippen LogP contribution in [0, 0.1) is 6.92 Å². The highest BCUT2D eigenvalue weighted by molar-refractivity contribution is 5.78. The SMILES string of the molecule is Cc1ccc(C(C)C)c(OCC(=O)N2CCN(Cc3ccccc3)CC2)c1. The van der Waals surface area contributed by atoms with Crippen molar-refractivity contribution < 1.29 is 9.53 Å². The molecule has 0 unspecified atom stereocenters. The van der Waals surface area contributed by atoms with Gasteiger partial charge in [-0.25, -0.2) is 0 Å². The van der Waals surface area contributed by atoms with Crippen LogP contribution in [0.4, 0.5) is 0 Å². The van der Waals surface area contributed by atoms with Crippen molar-refractivity contribution in [2.75, 3.05) is 32.8 Å². The smallest absolute Gasteiger partial charge is 0.260 e. The lowest BCUT2D eigenvalue weighted by atomic mass is 10.0. The summed E-state index contributed by atoms with van der Waals surface area (Å²) in [5, 5.41) is 0. The monoisotopic (exact) mass is 366 g/mol. The van der Waals surface area contributed by atoms with E-state index < -0.39 is 0 Å². The van der Waals surface area contributed by atoms with Crippen LogP contribution in [0.3, 0.4) is 0 Å². The van der Waals surface area contributed by atoms with Gasteiger partial charge in [0.1, 0.15) is 5.75 Å². The fourth-order valence-electron chi connectivity index (χ4n) is 3.47. The van der Waals surface area contributed by atoms with Crippen LogP contribution in [0.25, 0.3) is 0 Å². The van der Waals surface area contributed by atoms with E-state index in [1.165, 1.54) is 5.56 Å². The number of rotatable bonds is 6. The number of nitrogens with zero attached hydrogens (tertiary/aromatic N) is 2. The van der Waals surface area contributed by atoms with E-state index >= 15 is 0 Å². The summed E-state index contributed by atoms with van der Waals surface area (Å²) < 4.78 is 5.91. The Kier molecular flexibility index (Phi) is 6.51. The first-order chi connectivity index (χ1) is 13.0. The molecular weight excluding hydrogens is 336 g/mol. The van der Waals surface area contributed by atoms with Crippen LogP contribution >= 0.6 is 0 Å². The largest absolute Gasteiger partial charge is 0.483 e. The van der Waals surface area contributed by atoms with Crippen molar-refractivity contribution in [2.45, 2.75) is 33.2 Å². The van der Waals surface area contributed by atoms with Gasteiger partial charge in [-0.05, 0) is 35.6 Å². The highest BCUT2D eigenvalue weighted by Crippen LogP contribution is 2.27. The Morgan fingerprint density at radius 3 is 2.41 bits per heavy atom. The average Bonchev–Trinajstić information content (AvgIpc) is 2.67. The minimum Gasteiger partial charge on any atom is -0.483 e. The van der Waals surface area contributed by atoms with Crippen molar-refractivity contribution in [2.24, 2.45) is 0 Å². The van der Waals surface area contributed by atoms with Crippen LogP contribution in [0.5, 0.6) is 5.75 Å². The van der Waals surface area contributed by atoms with E-state index in [1.54, 1.807) is 0 Å². The Hall–Kier alpha value is -2.33. The van der Waals surface area contributed by atoms with Gasteiger partial charge in [0.15, 0.2) is 6.61 Å². The Bertz CT molecular complexity index is 750. The van der Waals surface area contributed by atoms with Crippen LogP contribution in [0.15, 0.2) is 48.5 Å². The molecule has 3 rings (SSSR count). The first kappa shape index (κ1) is 19.4. The molecule has 0 aromatic heterocycles. The molecule has 1 aliphatic heterocycles. The van der Waals surface area contributed by atoms with E-state index in [9.17, 15) is 4.79 Å². The fourth-order valence-corrected chi connectivity index (χ4v) is 3.47. The molecule has 0 radical (unpaired) electrons. The van der Waals surface area contributed by atoms with E-state index in [4.69, 9.17) is 4.74 Å². The van der Waals surface area contributed by atoms with Crippen molar-refractivity contribution in [3.05, 3.63) is 65.2 Å². The van der Waals surface area contributed by atoms with Gasteiger partial charge in [-0.1, -0.05) is 56.3 Å². The molecule has 4 nitrogen and oxygen atoms in total. The summed E-state index contributed by atoms with van der Waals surface area (Å²) in [6.07, 6.45) is 0. The lowest BCUT2D eigenvalue weighted by Gasteiger charge is -2.34. The second kappa shape index (κ2) is 9.05. The van der Waals surface area contributed by atoms with Gasteiger partial charge >= 0.3 is 0 Å². The summed E-state index contributed by atoms with van der Waals surface area (Å²) >= 11 is 0. The molecular formula is C23H30N2O2. The molecule has 4 heteroatoms. The van der Waals surface area contributed by atoms with Crippen LogP contribution in [0.2, 0.25) is 0 Å². The van der Waals surface area contributed by atoms with Gasteiger partial charge in [-0.3, -0.25) is 9.69 Å². The standard InChI is InChI=1S/C23H30N2O2/c1-18(2)21-10-9-19(3)15-22(21)27-17-23(26)25-13-11-24(12-14-25)16-20-7-5-4-6-8-20/h4-10,15,18H,11-14,16-17H2,1-3H3. The number of benzene rings is 2. The fraction of sp³-hybridized carbons (Fsp3) is 0.435. The zero-order valence-corrected chi connectivity index (χ0v) is 16.6. The summed E-state index contributed by atoms with van der Waals surface area (Å²) in [5.74, 6) is 1.28. The van der Waals surface area contributed by atoms with Gasteiger partial charge in [-0.15, -0.1) is 0 Å². The third kappa shape index (κ3) is 5.33. The summed E-state index contributed by atoms with van der Waals surface area (Å²) in [5.41, 5.74) is 3.62. The van der Waals surface area contributed by atoms with E-state index in [0.29, 0.717) is 5.92 Å².